The van der Waals surface area contributed by atoms with Gasteiger partial charge in [0.25, 0.3) is 0 Å². The lowest BCUT2D eigenvalue weighted by Gasteiger charge is -2.07. The summed E-state index contributed by atoms with van der Waals surface area (Å²) in [5, 5.41) is 3.90. The van der Waals surface area contributed by atoms with Crippen molar-refractivity contribution in [1.29, 1.82) is 0 Å². The summed E-state index contributed by atoms with van der Waals surface area (Å²) in [5.41, 5.74) is 10.4. The molecule has 3 heteroatoms. The van der Waals surface area contributed by atoms with Gasteiger partial charge in [-0.15, -0.1) is 0 Å². The second-order valence-corrected chi connectivity index (χ2v) is 4.39. The van der Waals surface area contributed by atoms with Gasteiger partial charge in [-0.05, 0) is 31.4 Å². The maximum absolute atomic E-state index is 5.86. The topological polar surface area (TPSA) is 52.0 Å². The van der Waals surface area contributed by atoms with Crippen LogP contribution in [0.1, 0.15) is 30.0 Å². The van der Waals surface area contributed by atoms with E-state index in [-0.39, 0.29) is 0 Å². The fourth-order valence-corrected chi connectivity index (χ4v) is 2.18. The van der Waals surface area contributed by atoms with Crippen molar-refractivity contribution in [2.45, 2.75) is 33.6 Å². The third-order valence-electron chi connectivity index (χ3n) is 3.03. The summed E-state index contributed by atoms with van der Waals surface area (Å²) in [6.45, 7) is 6.29. The molecular formula is C14H18N2O. The van der Waals surface area contributed by atoms with Crippen LogP contribution < -0.4 is 5.73 Å². The molecule has 1 heterocycles. The monoisotopic (exact) mass is 230 g/mol. The quantitative estimate of drug-likeness (QED) is 0.878. The highest BCUT2D eigenvalue weighted by Crippen LogP contribution is 2.33. The van der Waals surface area contributed by atoms with E-state index in [2.05, 4.69) is 38.1 Å². The summed E-state index contributed by atoms with van der Waals surface area (Å²) in [5.74, 6) is 1.35. The van der Waals surface area contributed by atoms with Gasteiger partial charge in [0.05, 0.1) is 0 Å². The van der Waals surface area contributed by atoms with Crippen LogP contribution in [0.4, 0.5) is 5.82 Å². The van der Waals surface area contributed by atoms with Crippen LogP contribution in [0.5, 0.6) is 0 Å². The molecule has 0 aliphatic rings. The number of aryl methyl sites for hydroxylation is 2. The van der Waals surface area contributed by atoms with E-state index in [1.54, 1.807) is 0 Å². The smallest absolute Gasteiger partial charge is 0.172 e. The van der Waals surface area contributed by atoms with E-state index >= 15 is 0 Å². The molecule has 2 N–H and O–H groups in total. The number of rotatable bonds is 3. The average molecular weight is 230 g/mol. The van der Waals surface area contributed by atoms with Gasteiger partial charge in [-0.25, -0.2) is 0 Å². The molecule has 0 amide bonds. The Labute approximate surface area is 102 Å². The van der Waals surface area contributed by atoms with Crippen LogP contribution in [0.3, 0.4) is 0 Å². The highest BCUT2D eigenvalue weighted by atomic mass is 16.5. The number of hydrogen-bond donors (Lipinski definition) is 1. The Morgan fingerprint density at radius 3 is 2.47 bits per heavy atom. The molecule has 2 aromatic rings. The molecule has 1 aromatic heterocycles. The second-order valence-electron chi connectivity index (χ2n) is 4.39. The number of anilines is 1. The second kappa shape index (κ2) is 4.62. The molecule has 17 heavy (non-hydrogen) atoms. The Morgan fingerprint density at radius 1 is 1.24 bits per heavy atom. The Morgan fingerprint density at radius 2 is 1.88 bits per heavy atom. The number of nitrogens with two attached hydrogens (primary N) is 1. The van der Waals surface area contributed by atoms with Gasteiger partial charge in [0, 0.05) is 11.1 Å². The maximum Gasteiger partial charge on any atom is 0.172 e. The number of aromatic nitrogens is 1. The van der Waals surface area contributed by atoms with Gasteiger partial charge < -0.3 is 10.3 Å². The van der Waals surface area contributed by atoms with E-state index in [9.17, 15) is 0 Å². The van der Waals surface area contributed by atoms with Crippen molar-refractivity contribution in [3.63, 3.8) is 0 Å². The maximum atomic E-state index is 5.86. The van der Waals surface area contributed by atoms with Crippen molar-refractivity contribution in [3.05, 3.63) is 34.9 Å². The molecular weight excluding hydrogens is 212 g/mol. The van der Waals surface area contributed by atoms with Crippen LogP contribution in [-0.2, 0) is 6.42 Å². The molecule has 0 unspecified atom stereocenters. The molecule has 0 atom stereocenters. The van der Waals surface area contributed by atoms with Gasteiger partial charge in [-0.2, -0.15) is 0 Å². The van der Waals surface area contributed by atoms with Crippen molar-refractivity contribution in [3.8, 4) is 11.3 Å². The molecule has 0 aliphatic heterocycles. The van der Waals surface area contributed by atoms with Crippen molar-refractivity contribution < 1.29 is 4.52 Å². The average Bonchev–Trinajstić information content (AvgIpc) is 2.62. The Hall–Kier alpha value is -1.77. The van der Waals surface area contributed by atoms with Crippen LogP contribution in [0.25, 0.3) is 11.3 Å². The Balaban J connectivity index is 2.60. The fraction of sp³-hybridized carbons (Fsp3) is 0.357. The summed E-state index contributed by atoms with van der Waals surface area (Å²) in [7, 11) is 0. The molecule has 0 fully saturated rings. The van der Waals surface area contributed by atoms with Crippen LogP contribution in [0.15, 0.2) is 22.7 Å². The molecule has 0 saturated carbocycles. The standard InChI is InChI=1S/C14H18N2O/c1-4-6-11-13(17-16-14(11)15)12-9(2)7-5-8-10(12)3/h5,7-8H,4,6H2,1-3H3,(H2,15,16). The number of nitrogens with zero attached hydrogens (tertiary/aromatic N) is 1. The largest absolute Gasteiger partial charge is 0.381 e. The lowest BCUT2D eigenvalue weighted by atomic mass is 9.97. The third kappa shape index (κ3) is 2.05. The minimum Gasteiger partial charge on any atom is -0.381 e. The first-order valence-electron chi connectivity index (χ1n) is 5.95. The predicted molar refractivity (Wildman–Crippen MR) is 69.8 cm³/mol. The molecule has 0 radical (unpaired) electrons. The SMILES string of the molecule is CCCc1c(N)noc1-c1c(C)cccc1C. The van der Waals surface area contributed by atoms with Gasteiger partial charge in [0.1, 0.15) is 0 Å². The summed E-state index contributed by atoms with van der Waals surface area (Å²) in [6, 6.07) is 6.21. The van der Waals surface area contributed by atoms with Crippen molar-refractivity contribution in [2.75, 3.05) is 5.73 Å². The van der Waals surface area contributed by atoms with Gasteiger partial charge in [0.2, 0.25) is 0 Å². The van der Waals surface area contributed by atoms with Crippen LogP contribution in [0, 0.1) is 13.8 Å². The molecule has 1 aromatic carbocycles. The van der Waals surface area contributed by atoms with E-state index in [1.807, 2.05) is 6.07 Å². The first kappa shape index (κ1) is 11.7. The molecule has 0 spiro atoms. The molecule has 90 valence electrons. The normalized spacial score (nSPS) is 10.8. The van der Waals surface area contributed by atoms with Gasteiger partial charge >= 0.3 is 0 Å². The zero-order valence-electron chi connectivity index (χ0n) is 10.6. The van der Waals surface area contributed by atoms with Gasteiger partial charge in [-0.1, -0.05) is 36.7 Å². The molecule has 2 rings (SSSR count). The van der Waals surface area contributed by atoms with Crippen LogP contribution >= 0.6 is 0 Å². The lowest BCUT2D eigenvalue weighted by molar-refractivity contribution is 0.434. The molecule has 0 bridgehead atoms. The first-order chi connectivity index (χ1) is 8.15. The van der Waals surface area contributed by atoms with Gasteiger partial charge in [0.15, 0.2) is 11.6 Å². The van der Waals surface area contributed by atoms with Crippen molar-refractivity contribution in [1.82, 2.24) is 5.16 Å². The fourth-order valence-electron chi connectivity index (χ4n) is 2.18. The molecule has 0 aliphatic carbocycles. The zero-order chi connectivity index (χ0) is 12.4. The van der Waals surface area contributed by atoms with E-state index in [4.69, 9.17) is 10.3 Å². The third-order valence-corrected chi connectivity index (χ3v) is 3.03. The van der Waals surface area contributed by atoms with Gasteiger partial charge in [-0.3, -0.25) is 0 Å². The van der Waals surface area contributed by atoms with E-state index in [1.165, 1.54) is 11.1 Å². The highest BCUT2D eigenvalue weighted by Gasteiger charge is 2.17. The summed E-state index contributed by atoms with van der Waals surface area (Å²) >= 11 is 0. The predicted octanol–water partition coefficient (Wildman–Crippen LogP) is 3.49. The van der Waals surface area contributed by atoms with Crippen LogP contribution in [-0.4, -0.2) is 5.16 Å². The van der Waals surface area contributed by atoms with E-state index in [0.717, 1.165) is 29.7 Å². The van der Waals surface area contributed by atoms with Crippen molar-refractivity contribution >= 4 is 5.82 Å². The zero-order valence-corrected chi connectivity index (χ0v) is 10.6. The van der Waals surface area contributed by atoms with Crippen LogP contribution in [0.2, 0.25) is 0 Å². The molecule has 3 nitrogen and oxygen atoms in total. The first-order valence-corrected chi connectivity index (χ1v) is 5.95. The summed E-state index contributed by atoms with van der Waals surface area (Å²) < 4.78 is 5.42. The molecule has 0 saturated heterocycles. The van der Waals surface area contributed by atoms with E-state index < -0.39 is 0 Å². The highest BCUT2D eigenvalue weighted by molar-refractivity contribution is 5.71. The Bertz CT molecular complexity index is 509. The summed E-state index contributed by atoms with van der Waals surface area (Å²) in [6.07, 6.45) is 1.93. The van der Waals surface area contributed by atoms with Crippen molar-refractivity contribution in [2.24, 2.45) is 0 Å². The Kier molecular flexibility index (Phi) is 3.18. The number of benzene rings is 1. The number of hydrogen-bond acceptors (Lipinski definition) is 3. The number of nitrogen functional groups attached to an aromatic ring is 1. The minimum atomic E-state index is 0.518. The van der Waals surface area contributed by atoms with E-state index in [0.29, 0.717) is 5.82 Å². The minimum absolute atomic E-state index is 0.518. The summed E-state index contributed by atoms with van der Waals surface area (Å²) in [4.78, 5) is 0. The lowest BCUT2D eigenvalue weighted by Crippen LogP contribution is -1.94.